The molecule has 0 saturated heterocycles. The highest BCUT2D eigenvalue weighted by molar-refractivity contribution is 5.83. The minimum Gasteiger partial charge on any atom is -0.495 e. The van der Waals surface area contributed by atoms with E-state index in [2.05, 4.69) is 9.97 Å². The Balaban J connectivity index is 2.87. The molecular weight excluding hydrogens is 168 g/mol. The van der Waals surface area contributed by atoms with E-state index in [-0.39, 0.29) is 5.69 Å². The predicted molar refractivity (Wildman–Crippen MR) is 48.9 cm³/mol. The molecule has 4 nitrogen and oxygen atoms in total. The number of para-hydroxylation sites is 1. The highest BCUT2D eigenvalue weighted by Gasteiger charge is 2.00. The fraction of sp³-hybridized carbons (Fsp3) is 0.111. The van der Waals surface area contributed by atoms with Crippen molar-refractivity contribution in [3.63, 3.8) is 0 Å². The van der Waals surface area contributed by atoms with Crippen molar-refractivity contribution in [2.45, 2.75) is 0 Å². The molecule has 0 spiro atoms. The number of aromatic amines is 1. The van der Waals surface area contributed by atoms with Gasteiger partial charge in [-0.15, -0.1) is 0 Å². The third-order valence-corrected chi connectivity index (χ3v) is 1.83. The number of hydrogen-bond donors (Lipinski definition) is 1. The molecule has 0 amide bonds. The second kappa shape index (κ2) is 2.90. The summed E-state index contributed by atoms with van der Waals surface area (Å²) in [6.07, 6.45) is 1.52. The van der Waals surface area contributed by atoms with Gasteiger partial charge in [-0.2, -0.15) is 0 Å². The van der Waals surface area contributed by atoms with E-state index < -0.39 is 0 Å². The first kappa shape index (κ1) is 7.79. The maximum Gasteiger partial charge on any atom is 0.345 e. The molecule has 1 N–H and O–H groups in total. The summed E-state index contributed by atoms with van der Waals surface area (Å²) in [5.41, 5.74) is 0.321. The van der Waals surface area contributed by atoms with E-state index in [1.165, 1.54) is 6.20 Å². The number of methoxy groups -OCH3 is 1. The lowest BCUT2D eigenvalue weighted by molar-refractivity contribution is 0.418. The third-order valence-electron chi connectivity index (χ3n) is 1.83. The summed E-state index contributed by atoms with van der Waals surface area (Å²) in [7, 11) is 1.56. The van der Waals surface area contributed by atoms with Crippen molar-refractivity contribution in [3.8, 4) is 5.75 Å². The molecule has 2 rings (SSSR count). The van der Waals surface area contributed by atoms with Crippen LogP contribution in [0, 0.1) is 0 Å². The highest BCUT2D eigenvalue weighted by Crippen LogP contribution is 2.20. The molecular formula is C9H8N2O2. The van der Waals surface area contributed by atoms with E-state index in [4.69, 9.17) is 4.74 Å². The molecule has 1 aromatic carbocycles. The van der Waals surface area contributed by atoms with Gasteiger partial charge in [0.25, 0.3) is 0 Å². The average Bonchev–Trinajstić information content (AvgIpc) is 2.17. The summed E-state index contributed by atoms with van der Waals surface area (Å²) in [5, 5.41) is 0.860. The van der Waals surface area contributed by atoms with Crippen LogP contribution in [0.4, 0.5) is 0 Å². The number of rotatable bonds is 1. The Hall–Kier alpha value is -1.84. The summed E-state index contributed by atoms with van der Waals surface area (Å²) in [4.78, 5) is 17.2. The molecule has 0 aliphatic rings. The lowest BCUT2D eigenvalue weighted by atomic mass is 10.2. The van der Waals surface area contributed by atoms with Gasteiger partial charge in [-0.25, -0.2) is 9.78 Å². The summed E-state index contributed by atoms with van der Waals surface area (Å²) >= 11 is 0. The molecule has 0 atom stereocenters. The Morgan fingerprint density at radius 1 is 1.46 bits per heavy atom. The Labute approximate surface area is 74.2 Å². The third kappa shape index (κ3) is 1.26. The highest BCUT2D eigenvalue weighted by atomic mass is 16.5. The quantitative estimate of drug-likeness (QED) is 0.703. The smallest absolute Gasteiger partial charge is 0.345 e. The molecule has 66 valence electrons. The molecule has 1 heterocycles. The first-order valence-corrected chi connectivity index (χ1v) is 3.83. The zero-order chi connectivity index (χ0) is 9.26. The predicted octanol–water partition coefficient (Wildman–Crippen LogP) is 0.932. The van der Waals surface area contributed by atoms with Crippen molar-refractivity contribution in [2.24, 2.45) is 0 Å². The fourth-order valence-corrected chi connectivity index (χ4v) is 1.23. The van der Waals surface area contributed by atoms with E-state index in [1.807, 2.05) is 12.1 Å². The van der Waals surface area contributed by atoms with E-state index >= 15 is 0 Å². The molecule has 2 aromatic rings. The van der Waals surface area contributed by atoms with E-state index in [1.54, 1.807) is 13.2 Å². The van der Waals surface area contributed by atoms with Crippen LogP contribution in [-0.2, 0) is 0 Å². The van der Waals surface area contributed by atoms with Crippen LogP contribution < -0.4 is 10.4 Å². The number of hydrogen-bond acceptors (Lipinski definition) is 3. The van der Waals surface area contributed by atoms with Gasteiger partial charge in [0, 0.05) is 11.6 Å². The molecule has 13 heavy (non-hydrogen) atoms. The summed E-state index contributed by atoms with van der Waals surface area (Å²) < 4.78 is 5.08. The molecule has 0 unspecified atom stereocenters. The number of nitrogens with one attached hydrogen (secondary N) is 1. The topological polar surface area (TPSA) is 55.0 Å². The molecule has 4 heteroatoms. The van der Waals surface area contributed by atoms with E-state index in [0.717, 1.165) is 5.39 Å². The number of fused-ring (bicyclic) bond motifs is 1. The Morgan fingerprint density at radius 2 is 2.31 bits per heavy atom. The largest absolute Gasteiger partial charge is 0.495 e. The molecule has 0 saturated carbocycles. The van der Waals surface area contributed by atoms with Crippen molar-refractivity contribution in [1.82, 2.24) is 9.97 Å². The second-order valence-corrected chi connectivity index (χ2v) is 2.61. The van der Waals surface area contributed by atoms with Crippen LogP contribution in [0.2, 0.25) is 0 Å². The Morgan fingerprint density at radius 3 is 3.08 bits per heavy atom. The van der Waals surface area contributed by atoms with E-state index in [0.29, 0.717) is 11.3 Å². The van der Waals surface area contributed by atoms with Crippen LogP contribution in [0.25, 0.3) is 10.9 Å². The van der Waals surface area contributed by atoms with Crippen LogP contribution >= 0.6 is 0 Å². The van der Waals surface area contributed by atoms with Crippen molar-refractivity contribution >= 4 is 10.9 Å². The lowest BCUT2D eigenvalue weighted by Gasteiger charge is -2.02. The van der Waals surface area contributed by atoms with Gasteiger partial charge in [-0.3, -0.25) is 0 Å². The molecule has 0 bridgehead atoms. The van der Waals surface area contributed by atoms with Gasteiger partial charge in [0.05, 0.1) is 12.6 Å². The number of ether oxygens (including phenoxy) is 1. The molecule has 0 fully saturated rings. The molecule has 0 aliphatic carbocycles. The summed E-state index contributed by atoms with van der Waals surface area (Å²) in [6.45, 7) is 0. The van der Waals surface area contributed by atoms with Crippen LogP contribution in [-0.4, -0.2) is 17.1 Å². The first-order chi connectivity index (χ1) is 6.31. The van der Waals surface area contributed by atoms with Gasteiger partial charge < -0.3 is 9.72 Å². The van der Waals surface area contributed by atoms with Crippen LogP contribution in [0.3, 0.4) is 0 Å². The Bertz CT molecular complexity index is 490. The van der Waals surface area contributed by atoms with Crippen molar-refractivity contribution in [3.05, 3.63) is 34.9 Å². The normalized spacial score (nSPS) is 10.2. The number of nitrogens with zero attached hydrogens (tertiary/aromatic N) is 1. The van der Waals surface area contributed by atoms with Gasteiger partial charge >= 0.3 is 5.69 Å². The molecule has 0 radical (unpaired) electrons. The SMILES string of the molecule is COc1cccc2cnc(=O)[nH]c12. The minimum atomic E-state index is -0.364. The monoisotopic (exact) mass is 176 g/mol. The average molecular weight is 176 g/mol. The van der Waals surface area contributed by atoms with Crippen LogP contribution in [0.1, 0.15) is 0 Å². The zero-order valence-electron chi connectivity index (χ0n) is 7.07. The summed E-state index contributed by atoms with van der Waals surface area (Å²) in [5.74, 6) is 0.650. The minimum absolute atomic E-state index is 0.364. The second-order valence-electron chi connectivity index (χ2n) is 2.61. The molecule has 0 aliphatic heterocycles. The van der Waals surface area contributed by atoms with Gasteiger partial charge in [0.2, 0.25) is 0 Å². The van der Waals surface area contributed by atoms with Crippen molar-refractivity contribution < 1.29 is 4.74 Å². The van der Waals surface area contributed by atoms with Gasteiger partial charge in [-0.05, 0) is 6.07 Å². The van der Waals surface area contributed by atoms with Crippen molar-refractivity contribution in [2.75, 3.05) is 7.11 Å². The first-order valence-electron chi connectivity index (χ1n) is 3.83. The lowest BCUT2D eigenvalue weighted by Crippen LogP contribution is -2.08. The maximum atomic E-state index is 10.9. The Kier molecular flexibility index (Phi) is 1.73. The van der Waals surface area contributed by atoms with Crippen LogP contribution in [0.15, 0.2) is 29.2 Å². The molecule has 1 aromatic heterocycles. The number of benzene rings is 1. The van der Waals surface area contributed by atoms with Crippen LogP contribution in [0.5, 0.6) is 5.75 Å². The van der Waals surface area contributed by atoms with Gasteiger partial charge in [-0.1, -0.05) is 12.1 Å². The number of H-pyrrole nitrogens is 1. The van der Waals surface area contributed by atoms with E-state index in [9.17, 15) is 4.79 Å². The van der Waals surface area contributed by atoms with Gasteiger partial charge in [0.1, 0.15) is 5.75 Å². The fourth-order valence-electron chi connectivity index (χ4n) is 1.23. The van der Waals surface area contributed by atoms with Crippen molar-refractivity contribution in [1.29, 1.82) is 0 Å². The van der Waals surface area contributed by atoms with Gasteiger partial charge in [0.15, 0.2) is 0 Å². The zero-order valence-corrected chi connectivity index (χ0v) is 7.07. The number of aromatic nitrogens is 2. The summed E-state index contributed by atoms with van der Waals surface area (Å²) in [6, 6.07) is 5.50. The maximum absolute atomic E-state index is 10.9. The standard InChI is InChI=1S/C9H8N2O2/c1-13-7-4-2-3-6-5-10-9(12)11-8(6)7/h2-5H,1H3,(H,10,11,12).